The van der Waals surface area contributed by atoms with E-state index in [1.54, 1.807) is 35.0 Å². The van der Waals surface area contributed by atoms with Gasteiger partial charge in [-0.1, -0.05) is 11.6 Å². The van der Waals surface area contributed by atoms with Crippen molar-refractivity contribution in [2.24, 2.45) is 5.73 Å². The summed E-state index contributed by atoms with van der Waals surface area (Å²) in [5, 5.41) is 0.493. The second kappa shape index (κ2) is 5.73. The maximum Gasteiger partial charge on any atom is 0.265 e. The van der Waals surface area contributed by atoms with Crippen molar-refractivity contribution < 1.29 is 4.79 Å². The van der Waals surface area contributed by atoms with Crippen LogP contribution in [0.4, 0.5) is 5.82 Å². The van der Waals surface area contributed by atoms with Gasteiger partial charge in [0.05, 0.1) is 16.4 Å². The van der Waals surface area contributed by atoms with E-state index in [1.165, 1.54) is 6.33 Å². The average molecular weight is 328 g/mol. The van der Waals surface area contributed by atoms with E-state index in [-0.39, 0.29) is 0 Å². The zero-order chi connectivity index (χ0) is 16.6. The summed E-state index contributed by atoms with van der Waals surface area (Å²) >= 11 is 6.41. The van der Waals surface area contributed by atoms with E-state index in [0.29, 0.717) is 22.2 Å². The Morgan fingerprint density at radius 1 is 1.26 bits per heavy atom. The van der Waals surface area contributed by atoms with Crippen molar-refractivity contribution in [3.05, 3.63) is 59.1 Å². The van der Waals surface area contributed by atoms with Gasteiger partial charge < -0.3 is 16.0 Å². The van der Waals surface area contributed by atoms with Gasteiger partial charge in [-0.05, 0) is 36.8 Å². The van der Waals surface area contributed by atoms with Crippen LogP contribution in [0.5, 0.6) is 0 Å². The van der Waals surface area contributed by atoms with E-state index in [2.05, 4.69) is 9.97 Å². The standard InChI is InChI=1S/C16H14ClN5O/c1-9-5-10(12-7-15(18)21-8-20-12)11(17)6-14(9)22-4-2-3-13(22)16(19)23/h2-8H,1H3,(H2,19,23)(H2,18,20,21). The Bertz CT molecular complexity index is 903. The molecule has 1 aromatic carbocycles. The van der Waals surface area contributed by atoms with Crippen LogP contribution in [0.3, 0.4) is 0 Å². The molecule has 2 heterocycles. The zero-order valence-electron chi connectivity index (χ0n) is 12.3. The predicted molar refractivity (Wildman–Crippen MR) is 89.5 cm³/mol. The molecular weight excluding hydrogens is 314 g/mol. The number of benzene rings is 1. The molecule has 0 saturated heterocycles. The molecule has 0 atom stereocenters. The van der Waals surface area contributed by atoms with Crippen LogP contribution in [0, 0.1) is 6.92 Å². The van der Waals surface area contributed by atoms with Crippen molar-refractivity contribution >= 4 is 23.3 Å². The van der Waals surface area contributed by atoms with E-state index in [4.69, 9.17) is 23.1 Å². The van der Waals surface area contributed by atoms with Gasteiger partial charge in [-0.25, -0.2) is 9.97 Å². The molecule has 4 N–H and O–H groups in total. The van der Waals surface area contributed by atoms with Gasteiger partial charge in [-0.2, -0.15) is 0 Å². The van der Waals surface area contributed by atoms with E-state index in [9.17, 15) is 4.79 Å². The van der Waals surface area contributed by atoms with Gasteiger partial charge in [0, 0.05) is 17.8 Å². The lowest BCUT2D eigenvalue weighted by molar-refractivity contribution is 0.0994. The van der Waals surface area contributed by atoms with Crippen LogP contribution < -0.4 is 11.5 Å². The van der Waals surface area contributed by atoms with Crippen LogP contribution in [0.15, 0.2) is 42.9 Å². The van der Waals surface area contributed by atoms with Crippen molar-refractivity contribution in [2.45, 2.75) is 6.92 Å². The van der Waals surface area contributed by atoms with Gasteiger partial charge in [-0.3, -0.25) is 4.79 Å². The SMILES string of the molecule is Cc1cc(-c2cc(N)ncn2)c(Cl)cc1-n1cccc1C(N)=O. The largest absolute Gasteiger partial charge is 0.384 e. The van der Waals surface area contributed by atoms with Gasteiger partial charge >= 0.3 is 0 Å². The Morgan fingerprint density at radius 3 is 2.74 bits per heavy atom. The summed E-state index contributed by atoms with van der Waals surface area (Å²) in [5.41, 5.74) is 14.6. The number of aromatic nitrogens is 3. The summed E-state index contributed by atoms with van der Waals surface area (Å²) in [4.78, 5) is 19.6. The minimum Gasteiger partial charge on any atom is -0.384 e. The Kier molecular flexibility index (Phi) is 3.75. The number of carbonyl (C=O) groups excluding carboxylic acids is 1. The Balaban J connectivity index is 2.15. The lowest BCUT2D eigenvalue weighted by Crippen LogP contribution is -2.16. The molecule has 0 spiro atoms. The molecule has 116 valence electrons. The molecule has 1 amide bonds. The second-order valence-electron chi connectivity index (χ2n) is 5.07. The molecule has 0 aliphatic rings. The van der Waals surface area contributed by atoms with Gasteiger partial charge in [0.1, 0.15) is 17.8 Å². The normalized spacial score (nSPS) is 10.7. The fourth-order valence-corrected chi connectivity index (χ4v) is 2.69. The number of nitrogens with zero attached hydrogens (tertiary/aromatic N) is 3. The molecule has 7 heteroatoms. The summed E-state index contributed by atoms with van der Waals surface area (Å²) in [6, 6.07) is 8.74. The summed E-state index contributed by atoms with van der Waals surface area (Å²) in [7, 11) is 0. The number of primary amides is 1. The first kappa shape index (κ1) is 15.1. The highest BCUT2D eigenvalue weighted by Crippen LogP contribution is 2.32. The fraction of sp³-hybridized carbons (Fsp3) is 0.0625. The van der Waals surface area contributed by atoms with Crippen LogP contribution >= 0.6 is 11.6 Å². The first-order valence-electron chi connectivity index (χ1n) is 6.83. The Labute approximate surface area is 137 Å². The topological polar surface area (TPSA) is 99.8 Å². The molecular formula is C16H14ClN5O. The highest BCUT2D eigenvalue weighted by Gasteiger charge is 2.14. The van der Waals surface area contributed by atoms with E-state index >= 15 is 0 Å². The zero-order valence-corrected chi connectivity index (χ0v) is 13.1. The van der Waals surface area contributed by atoms with Crippen LogP contribution in [-0.4, -0.2) is 20.4 Å². The molecule has 0 radical (unpaired) electrons. The van der Waals surface area contributed by atoms with Crippen molar-refractivity contribution in [3.63, 3.8) is 0 Å². The number of amides is 1. The highest BCUT2D eigenvalue weighted by molar-refractivity contribution is 6.33. The number of rotatable bonds is 3. The molecule has 23 heavy (non-hydrogen) atoms. The number of hydrogen-bond acceptors (Lipinski definition) is 4. The summed E-state index contributed by atoms with van der Waals surface area (Å²) < 4.78 is 1.71. The molecule has 0 fully saturated rings. The van der Waals surface area contributed by atoms with E-state index < -0.39 is 5.91 Å². The molecule has 3 aromatic rings. The van der Waals surface area contributed by atoms with Crippen molar-refractivity contribution in [1.82, 2.24) is 14.5 Å². The lowest BCUT2D eigenvalue weighted by Gasteiger charge is -2.14. The van der Waals surface area contributed by atoms with Crippen molar-refractivity contribution in [2.75, 3.05) is 5.73 Å². The molecule has 0 aliphatic carbocycles. The number of nitrogen functional groups attached to an aromatic ring is 1. The van der Waals surface area contributed by atoms with Gasteiger partial charge in [0.15, 0.2) is 0 Å². The van der Waals surface area contributed by atoms with Crippen LogP contribution in [-0.2, 0) is 0 Å². The number of aryl methyl sites for hydroxylation is 1. The Morgan fingerprint density at radius 2 is 2.04 bits per heavy atom. The van der Waals surface area contributed by atoms with E-state index in [0.717, 1.165) is 16.8 Å². The van der Waals surface area contributed by atoms with Gasteiger partial charge in [0.2, 0.25) is 0 Å². The average Bonchev–Trinajstić information content (AvgIpc) is 2.98. The van der Waals surface area contributed by atoms with Crippen molar-refractivity contribution in [1.29, 1.82) is 0 Å². The molecule has 0 unspecified atom stereocenters. The lowest BCUT2D eigenvalue weighted by atomic mass is 10.1. The second-order valence-corrected chi connectivity index (χ2v) is 5.48. The number of halogens is 1. The minimum atomic E-state index is -0.502. The van der Waals surface area contributed by atoms with E-state index in [1.807, 2.05) is 13.0 Å². The number of hydrogen-bond donors (Lipinski definition) is 2. The summed E-state index contributed by atoms with van der Waals surface area (Å²) in [6.45, 7) is 1.92. The quantitative estimate of drug-likeness (QED) is 0.772. The van der Waals surface area contributed by atoms with Crippen LogP contribution in [0.2, 0.25) is 5.02 Å². The van der Waals surface area contributed by atoms with Crippen molar-refractivity contribution in [3.8, 4) is 16.9 Å². The molecule has 6 nitrogen and oxygen atoms in total. The molecule has 0 aliphatic heterocycles. The van der Waals surface area contributed by atoms with Crippen LogP contribution in [0.25, 0.3) is 16.9 Å². The summed E-state index contributed by atoms with van der Waals surface area (Å²) in [5.74, 6) is -0.132. The van der Waals surface area contributed by atoms with Crippen LogP contribution in [0.1, 0.15) is 16.1 Å². The number of carbonyl (C=O) groups is 1. The smallest absolute Gasteiger partial charge is 0.265 e. The Hall–Kier alpha value is -2.86. The van der Waals surface area contributed by atoms with Gasteiger partial charge in [0.25, 0.3) is 5.91 Å². The number of anilines is 1. The maximum absolute atomic E-state index is 11.5. The molecule has 0 bridgehead atoms. The molecule has 3 rings (SSSR count). The monoisotopic (exact) mass is 327 g/mol. The fourth-order valence-electron chi connectivity index (χ4n) is 2.44. The predicted octanol–water partition coefficient (Wildman–Crippen LogP) is 2.58. The highest BCUT2D eigenvalue weighted by atomic mass is 35.5. The molecule has 2 aromatic heterocycles. The van der Waals surface area contributed by atoms with Gasteiger partial charge in [-0.15, -0.1) is 0 Å². The maximum atomic E-state index is 11.5. The third-order valence-corrected chi connectivity index (χ3v) is 3.82. The third-order valence-electron chi connectivity index (χ3n) is 3.51. The third kappa shape index (κ3) is 2.76. The first-order chi connectivity index (χ1) is 11.0. The minimum absolute atomic E-state index is 0.370. The molecule has 0 saturated carbocycles. The number of nitrogens with two attached hydrogens (primary N) is 2. The first-order valence-corrected chi connectivity index (χ1v) is 7.20. The summed E-state index contributed by atoms with van der Waals surface area (Å²) in [6.07, 6.45) is 3.16.